The van der Waals surface area contributed by atoms with Crippen LogP contribution >= 0.6 is 23.7 Å². The van der Waals surface area contributed by atoms with Gasteiger partial charge in [-0.3, -0.25) is 4.79 Å². The van der Waals surface area contributed by atoms with Crippen LogP contribution in [-0.4, -0.2) is 34.9 Å². The van der Waals surface area contributed by atoms with Crippen LogP contribution in [0.3, 0.4) is 0 Å². The second-order valence-corrected chi connectivity index (χ2v) is 7.77. The standard InChI is InChI=1S/C17H27N3OS.ClH/c1-2-20(8-6-15-19-7-9-22-15)17(21)14-10-12-4-3-5-13(11-14)16(12)18;/h7,9,12-14,16H,2-6,8,10-11,18H2,1H3;1H. The molecule has 4 nitrogen and oxygen atoms in total. The number of amides is 1. The Kier molecular flexibility index (Phi) is 6.86. The monoisotopic (exact) mass is 357 g/mol. The van der Waals surface area contributed by atoms with Gasteiger partial charge in [-0.15, -0.1) is 23.7 Å². The summed E-state index contributed by atoms with van der Waals surface area (Å²) in [5, 5.41) is 3.12. The van der Waals surface area contributed by atoms with Crippen LogP contribution in [0, 0.1) is 17.8 Å². The molecule has 0 radical (unpaired) electrons. The van der Waals surface area contributed by atoms with Gasteiger partial charge < -0.3 is 10.6 Å². The minimum absolute atomic E-state index is 0. The van der Waals surface area contributed by atoms with E-state index in [0.29, 0.717) is 23.8 Å². The van der Waals surface area contributed by atoms with Crippen molar-refractivity contribution in [1.82, 2.24) is 9.88 Å². The third-order valence-corrected chi connectivity index (χ3v) is 6.37. The van der Waals surface area contributed by atoms with E-state index in [1.54, 1.807) is 11.3 Å². The fraction of sp³-hybridized carbons (Fsp3) is 0.765. The Hall–Kier alpha value is -0.650. The second-order valence-electron chi connectivity index (χ2n) is 6.79. The van der Waals surface area contributed by atoms with Gasteiger partial charge in [-0.1, -0.05) is 6.42 Å². The molecule has 2 saturated carbocycles. The van der Waals surface area contributed by atoms with E-state index in [-0.39, 0.29) is 18.3 Å². The molecule has 1 aromatic rings. The van der Waals surface area contributed by atoms with Gasteiger partial charge in [0.15, 0.2) is 0 Å². The smallest absolute Gasteiger partial charge is 0.225 e. The molecule has 2 fully saturated rings. The first kappa shape index (κ1) is 18.7. The first-order valence-electron chi connectivity index (χ1n) is 8.61. The molecule has 2 aliphatic rings. The van der Waals surface area contributed by atoms with E-state index in [4.69, 9.17) is 5.73 Å². The molecule has 2 unspecified atom stereocenters. The van der Waals surface area contributed by atoms with Crippen LogP contribution in [0.2, 0.25) is 0 Å². The number of fused-ring (bicyclic) bond motifs is 2. The first-order chi connectivity index (χ1) is 10.7. The van der Waals surface area contributed by atoms with Crippen molar-refractivity contribution in [3.63, 3.8) is 0 Å². The number of carbonyl (C=O) groups is 1. The molecule has 130 valence electrons. The number of hydrogen-bond acceptors (Lipinski definition) is 4. The van der Waals surface area contributed by atoms with E-state index in [1.165, 1.54) is 19.3 Å². The summed E-state index contributed by atoms with van der Waals surface area (Å²) >= 11 is 1.67. The molecule has 2 bridgehead atoms. The summed E-state index contributed by atoms with van der Waals surface area (Å²) in [6.07, 6.45) is 8.44. The second kappa shape index (κ2) is 8.45. The fourth-order valence-electron chi connectivity index (χ4n) is 4.28. The van der Waals surface area contributed by atoms with Gasteiger partial charge in [-0.05, 0) is 44.4 Å². The number of thiazole rings is 1. The van der Waals surface area contributed by atoms with Gasteiger partial charge >= 0.3 is 0 Å². The summed E-state index contributed by atoms with van der Waals surface area (Å²) < 4.78 is 0. The van der Waals surface area contributed by atoms with E-state index in [0.717, 1.165) is 37.4 Å². The van der Waals surface area contributed by atoms with E-state index >= 15 is 0 Å². The summed E-state index contributed by atoms with van der Waals surface area (Å²) in [5.41, 5.74) is 6.35. The van der Waals surface area contributed by atoms with Crippen molar-refractivity contribution in [1.29, 1.82) is 0 Å². The highest BCUT2D eigenvalue weighted by atomic mass is 35.5. The SMILES string of the molecule is CCN(CCc1nccs1)C(=O)C1CC2CCCC(C1)C2N.Cl. The van der Waals surface area contributed by atoms with Crippen LogP contribution in [0.4, 0.5) is 0 Å². The van der Waals surface area contributed by atoms with Gasteiger partial charge in [0.1, 0.15) is 0 Å². The lowest BCUT2D eigenvalue weighted by atomic mass is 9.65. The molecule has 2 atom stereocenters. The number of carbonyl (C=O) groups excluding carboxylic acids is 1. The summed E-state index contributed by atoms with van der Waals surface area (Å²) in [7, 11) is 0. The molecule has 23 heavy (non-hydrogen) atoms. The van der Waals surface area contributed by atoms with Crippen molar-refractivity contribution in [2.45, 2.75) is 51.5 Å². The molecule has 2 aliphatic carbocycles. The number of halogens is 1. The quantitative estimate of drug-likeness (QED) is 0.880. The molecule has 0 spiro atoms. The zero-order valence-corrected chi connectivity index (χ0v) is 15.5. The predicted molar refractivity (Wildman–Crippen MR) is 96.9 cm³/mol. The fourth-order valence-corrected chi connectivity index (χ4v) is 4.89. The Morgan fingerprint density at radius 1 is 1.39 bits per heavy atom. The Morgan fingerprint density at radius 2 is 2.09 bits per heavy atom. The minimum atomic E-state index is 0. The zero-order valence-electron chi connectivity index (χ0n) is 13.8. The molecule has 2 N–H and O–H groups in total. The number of aromatic nitrogens is 1. The Balaban J connectivity index is 0.00000192. The molecular weight excluding hydrogens is 330 g/mol. The molecular formula is C17H28ClN3OS. The van der Waals surface area contributed by atoms with Gasteiger partial charge in [-0.25, -0.2) is 4.98 Å². The molecule has 1 amide bonds. The van der Waals surface area contributed by atoms with Gasteiger partial charge in [0.25, 0.3) is 0 Å². The lowest BCUT2D eigenvalue weighted by Crippen LogP contribution is -2.50. The zero-order chi connectivity index (χ0) is 15.5. The Bertz CT molecular complexity index is 482. The topological polar surface area (TPSA) is 59.2 Å². The first-order valence-corrected chi connectivity index (χ1v) is 9.49. The van der Waals surface area contributed by atoms with Crippen LogP contribution in [0.25, 0.3) is 0 Å². The van der Waals surface area contributed by atoms with E-state index in [1.807, 2.05) is 16.5 Å². The number of nitrogens with two attached hydrogens (primary N) is 1. The van der Waals surface area contributed by atoms with Gasteiger partial charge in [0, 0.05) is 43.0 Å². The number of nitrogens with zero attached hydrogens (tertiary/aromatic N) is 2. The summed E-state index contributed by atoms with van der Waals surface area (Å²) in [6.45, 7) is 3.66. The van der Waals surface area contributed by atoms with E-state index < -0.39 is 0 Å². The van der Waals surface area contributed by atoms with Crippen LogP contribution in [0.1, 0.15) is 44.0 Å². The van der Waals surface area contributed by atoms with Crippen LogP contribution in [-0.2, 0) is 11.2 Å². The lowest BCUT2D eigenvalue weighted by molar-refractivity contribution is -0.138. The van der Waals surface area contributed by atoms with Crippen LogP contribution in [0.15, 0.2) is 11.6 Å². The molecule has 0 aliphatic heterocycles. The molecule has 1 heterocycles. The van der Waals surface area contributed by atoms with Crippen molar-refractivity contribution in [2.75, 3.05) is 13.1 Å². The highest BCUT2D eigenvalue weighted by Crippen LogP contribution is 2.42. The Morgan fingerprint density at radius 3 is 2.65 bits per heavy atom. The predicted octanol–water partition coefficient (Wildman–Crippen LogP) is 3.11. The average molecular weight is 358 g/mol. The summed E-state index contributed by atoms with van der Waals surface area (Å²) in [6, 6.07) is 0.336. The van der Waals surface area contributed by atoms with Crippen LogP contribution < -0.4 is 5.73 Å². The third-order valence-electron chi connectivity index (χ3n) is 5.53. The highest BCUT2D eigenvalue weighted by Gasteiger charge is 2.41. The summed E-state index contributed by atoms with van der Waals surface area (Å²) in [5.74, 6) is 1.69. The lowest BCUT2D eigenvalue weighted by Gasteiger charge is -2.44. The maximum Gasteiger partial charge on any atom is 0.225 e. The van der Waals surface area contributed by atoms with Crippen molar-refractivity contribution >= 4 is 29.7 Å². The average Bonchev–Trinajstić information content (AvgIpc) is 3.00. The number of rotatable bonds is 5. The van der Waals surface area contributed by atoms with Gasteiger partial charge in [0.2, 0.25) is 5.91 Å². The van der Waals surface area contributed by atoms with E-state index in [2.05, 4.69) is 11.9 Å². The normalized spacial score (nSPS) is 29.7. The number of likely N-dealkylation sites (N-methyl/N-ethyl adjacent to an activating group) is 1. The maximum atomic E-state index is 12.9. The van der Waals surface area contributed by atoms with Crippen molar-refractivity contribution in [3.05, 3.63) is 16.6 Å². The number of hydrogen-bond donors (Lipinski definition) is 1. The third kappa shape index (κ3) is 4.25. The Labute approximate surface area is 149 Å². The van der Waals surface area contributed by atoms with Crippen molar-refractivity contribution in [3.8, 4) is 0 Å². The van der Waals surface area contributed by atoms with Crippen molar-refractivity contribution in [2.24, 2.45) is 23.5 Å². The molecule has 0 saturated heterocycles. The van der Waals surface area contributed by atoms with Crippen LogP contribution in [0.5, 0.6) is 0 Å². The maximum absolute atomic E-state index is 12.9. The van der Waals surface area contributed by atoms with E-state index in [9.17, 15) is 4.79 Å². The molecule has 6 heteroatoms. The van der Waals surface area contributed by atoms with Crippen molar-refractivity contribution < 1.29 is 4.79 Å². The van der Waals surface area contributed by atoms with Gasteiger partial charge in [-0.2, -0.15) is 0 Å². The minimum Gasteiger partial charge on any atom is -0.342 e. The highest BCUT2D eigenvalue weighted by molar-refractivity contribution is 7.09. The molecule has 3 rings (SSSR count). The summed E-state index contributed by atoms with van der Waals surface area (Å²) in [4.78, 5) is 19.2. The molecule has 0 aromatic carbocycles. The van der Waals surface area contributed by atoms with Gasteiger partial charge in [0.05, 0.1) is 5.01 Å². The molecule has 1 aromatic heterocycles. The largest absolute Gasteiger partial charge is 0.342 e.